The van der Waals surface area contributed by atoms with E-state index >= 15 is 0 Å². The van der Waals surface area contributed by atoms with Crippen molar-refractivity contribution in [1.29, 1.82) is 0 Å². The quantitative estimate of drug-likeness (QED) is 0.857. The Labute approximate surface area is 98.7 Å². The molecule has 0 atom stereocenters. The summed E-state index contributed by atoms with van der Waals surface area (Å²) in [5, 5.41) is 13.4. The first kappa shape index (κ1) is 11.3. The highest BCUT2D eigenvalue weighted by atomic mass is 16.4. The van der Waals surface area contributed by atoms with Crippen molar-refractivity contribution >= 4 is 5.97 Å². The normalized spacial score (nSPS) is 10.5. The Bertz CT molecular complexity index is 587. The number of rotatable bonds is 2. The molecule has 0 saturated carbocycles. The lowest BCUT2D eigenvalue weighted by Crippen LogP contribution is -2.10. The Morgan fingerprint density at radius 1 is 1.35 bits per heavy atom. The molecule has 88 valence electrons. The highest BCUT2D eigenvalue weighted by molar-refractivity contribution is 5.93. The van der Waals surface area contributed by atoms with Crippen molar-refractivity contribution in [2.24, 2.45) is 0 Å². The molecule has 0 radical (unpaired) electrons. The molecule has 0 unspecified atom stereocenters. The third-order valence-electron chi connectivity index (χ3n) is 2.48. The van der Waals surface area contributed by atoms with Gasteiger partial charge in [0.1, 0.15) is 5.56 Å². The van der Waals surface area contributed by atoms with E-state index in [1.165, 1.54) is 0 Å². The molecule has 1 N–H and O–H groups in total. The van der Waals surface area contributed by atoms with Crippen molar-refractivity contribution in [3.63, 3.8) is 0 Å². The summed E-state index contributed by atoms with van der Waals surface area (Å²) >= 11 is 0. The van der Waals surface area contributed by atoms with Gasteiger partial charge in [0.2, 0.25) is 0 Å². The molecule has 5 nitrogen and oxygen atoms in total. The Kier molecular flexibility index (Phi) is 2.67. The third-order valence-corrected chi connectivity index (χ3v) is 2.48. The molecule has 0 spiro atoms. The fourth-order valence-corrected chi connectivity index (χ4v) is 1.80. The van der Waals surface area contributed by atoms with Crippen LogP contribution in [0.15, 0.2) is 18.5 Å². The predicted molar refractivity (Wildman–Crippen MR) is 62.5 cm³/mol. The van der Waals surface area contributed by atoms with Crippen LogP contribution in [-0.4, -0.2) is 25.8 Å². The van der Waals surface area contributed by atoms with Gasteiger partial charge in [-0.3, -0.25) is 4.98 Å². The lowest BCUT2D eigenvalue weighted by atomic mass is 10.1. The molecule has 5 heteroatoms. The standard InChI is InChI=1S/C12H13N3O2/c1-7-5-13-15(6-7)10-4-8(2)14-9(3)11(10)12(16)17/h4-6H,1-3H3,(H,16,17). The molecule has 2 aromatic rings. The highest BCUT2D eigenvalue weighted by Gasteiger charge is 2.17. The highest BCUT2D eigenvalue weighted by Crippen LogP contribution is 2.18. The van der Waals surface area contributed by atoms with Crippen LogP contribution in [0.3, 0.4) is 0 Å². The van der Waals surface area contributed by atoms with Gasteiger partial charge in [0.05, 0.1) is 17.6 Å². The molecule has 0 saturated heterocycles. The molecule has 0 aliphatic heterocycles. The summed E-state index contributed by atoms with van der Waals surface area (Å²) in [4.78, 5) is 15.4. The largest absolute Gasteiger partial charge is 0.478 e. The Morgan fingerprint density at radius 3 is 2.59 bits per heavy atom. The van der Waals surface area contributed by atoms with Crippen LogP contribution in [0.2, 0.25) is 0 Å². The SMILES string of the molecule is Cc1cnn(-c2cc(C)nc(C)c2C(=O)O)c1. The Morgan fingerprint density at radius 2 is 2.06 bits per heavy atom. The number of hydrogen-bond acceptors (Lipinski definition) is 3. The number of carboxylic acid groups (broad SMARTS) is 1. The molecule has 2 aromatic heterocycles. The van der Waals surface area contributed by atoms with E-state index in [0.29, 0.717) is 11.4 Å². The van der Waals surface area contributed by atoms with Crippen LogP contribution in [0.4, 0.5) is 0 Å². The summed E-state index contributed by atoms with van der Waals surface area (Å²) in [5.41, 5.74) is 3.00. The van der Waals surface area contributed by atoms with Gasteiger partial charge in [0.25, 0.3) is 0 Å². The van der Waals surface area contributed by atoms with Gasteiger partial charge < -0.3 is 5.11 Å². The third kappa shape index (κ3) is 2.04. The van der Waals surface area contributed by atoms with Gasteiger partial charge in [-0.05, 0) is 32.4 Å². The first-order valence-electron chi connectivity index (χ1n) is 5.22. The zero-order valence-corrected chi connectivity index (χ0v) is 9.93. The number of aromatic carboxylic acids is 1. The topological polar surface area (TPSA) is 68.0 Å². The molecule has 0 aromatic carbocycles. The maximum Gasteiger partial charge on any atom is 0.339 e. The zero-order chi connectivity index (χ0) is 12.6. The van der Waals surface area contributed by atoms with Crippen LogP contribution < -0.4 is 0 Å². The molecule has 0 fully saturated rings. The smallest absolute Gasteiger partial charge is 0.339 e. The van der Waals surface area contributed by atoms with Crippen molar-refractivity contribution in [2.75, 3.05) is 0 Å². The summed E-state index contributed by atoms with van der Waals surface area (Å²) in [5.74, 6) is -0.988. The van der Waals surface area contributed by atoms with Crippen LogP contribution in [0.5, 0.6) is 0 Å². The summed E-state index contributed by atoms with van der Waals surface area (Å²) in [6.45, 7) is 5.43. The van der Waals surface area contributed by atoms with E-state index in [1.54, 1.807) is 30.1 Å². The second-order valence-electron chi connectivity index (χ2n) is 4.01. The van der Waals surface area contributed by atoms with Crippen LogP contribution in [0.25, 0.3) is 5.69 Å². The maximum absolute atomic E-state index is 11.3. The number of pyridine rings is 1. The number of carbonyl (C=O) groups is 1. The van der Waals surface area contributed by atoms with Gasteiger partial charge in [0.15, 0.2) is 0 Å². The van der Waals surface area contributed by atoms with Gasteiger partial charge in [-0.1, -0.05) is 0 Å². The first-order chi connectivity index (χ1) is 7.99. The monoisotopic (exact) mass is 231 g/mol. The van der Waals surface area contributed by atoms with E-state index in [1.807, 2.05) is 13.8 Å². The summed E-state index contributed by atoms with van der Waals surface area (Å²) in [7, 11) is 0. The second-order valence-corrected chi connectivity index (χ2v) is 4.01. The summed E-state index contributed by atoms with van der Waals surface area (Å²) < 4.78 is 1.57. The van der Waals surface area contributed by atoms with E-state index in [2.05, 4.69) is 10.1 Å². The van der Waals surface area contributed by atoms with Crippen molar-refractivity contribution in [3.05, 3.63) is 41.0 Å². The number of nitrogens with zero attached hydrogens (tertiary/aromatic N) is 3. The second kappa shape index (κ2) is 4.01. The Hall–Kier alpha value is -2.17. The van der Waals surface area contributed by atoms with Gasteiger partial charge in [-0.2, -0.15) is 5.10 Å². The van der Waals surface area contributed by atoms with Crippen LogP contribution in [0.1, 0.15) is 27.3 Å². The van der Waals surface area contributed by atoms with Crippen molar-refractivity contribution in [2.45, 2.75) is 20.8 Å². The molecule has 2 rings (SSSR count). The summed E-state index contributed by atoms with van der Waals surface area (Å²) in [6, 6.07) is 1.73. The molecule has 0 amide bonds. The average molecular weight is 231 g/mol. The number of carboxylic acids is 1. The van der Waals surface area contributed by atoms with E-state index in [9.17, 15) is 9.90 Å². The molecule has 0 aliphatic rings. The Balaban J connectivity index is 2.71. The number of aryl methyl sites for hydroxylation is 3. The van der Waals surface area contributed by atoms with Crippen molar-refractivity contribution < 1.29 is 9.90 Å². The fourth-order valence-electron chi connectivity index (χ4n) is 1.80. The van der Waals surface area contributed by atoms with Crippen molar-refractivity contribution in [3.8, 4) is 5.69 Å². The van der Waals surface area contributed by atoms with Crippen LogP contribution in [0, 0.1) is 20.8 Å². The molecule has 0 bridgehead atoms. The van der Waals surface area contributed by atoms with Gasteiger partial charge in [-0.15, -0.1) is 0 Å². The van der Waals surface area contributed by atoms with Gasteiger partial charge in [-0.25, -0.2) is 9.48 Å². The summed E-state index contributed by atoms with van der Waals surface area (Å²) in [6.07, 6.45) is 3.48. The zero-order valence-electron chi connectivity index (χ0n) is 9.93. The average Bonchev–Trinajstić information content (AvgIpc) is 2.62. The van der Waals surface area contributed by atoms with E-state index in [0.717, 1.165) is 11.3 Å². The molecular formula is C12H13N3O2. The minimum atomic E-state index is -0.988. The van der Waals surface area contributed by atoms with E-state index < -0.39 is 5.97 Å². The van der Waals surface area contributed by atoms with Crippen LogP contribution >= 0.6 is 0 Å². The van der Waals surface area contributed by atoms with Crippen LogP contribution in [-0.2, 0) is 0 Å². The van der Waals surface area contributed by atoms with Gasteiger partial charge >= 0.3 is 5.97 Å². The molecular weight excluding hydrogens is 218 g/mol. The predicted octanol–water partition coefficient (Wildman–Crippen LogP) is 1.89. The van der Waals surface area contributed by atoms with E-state index in [-0.39, 0.29) is 5.56 Å². The van der Waals surface area contributed by atoms with E-state index in [4.69, 9.17) is 0 Å². The maximum atomic E-state index is 11.3. The first-order valence-corrected chi connectivity index (χ1v) is 5.22. The number of aromatic nitrogens is 3. The minimum Gasteiger partial charge on any atom is -0.478 e. The lowest BCUT2D eigenvalue weighted by Gasteiger charge is -2.09. The lowest BCUT2D eigenvalue weighted by molar-refractivity contribution is 0.0695. The van der Waals surface area contributed by atoms with Crippen molar-refractivity contribution in [1.82, 2.24) is 14.8 Å². The molecule has 2 heterocycles. The molecule has 0 aliphatic carbocycles. The fraction of sp³-hybridized carbons (Fsp3) is 0.250. The number of hydrogen-bond donors (Lipinski definition) is 1. The molecule has 17 heavy (non-hydrogen) atoms. The van der Waals surface area contributed by atoms with Gasteiger partial charge in [0, 0.05) is 11.9 Å². The minimum absolute atomic E-state index is 0.193.